The highest BCUT2D eigenvalue weighted by atomic mass is 16.3. The van der Waals surface area contributed by atoms with Crippen molar-refractivity contribution in [3.05, 3.63) is 0 Å². The third-order valence-electron chi connectivity index (χ3n) is 1.57. The van der Waals surface area contributed by atoms with Crippen molar-refractivity contribution in [1.29, 1.82) is 0 Å². The van der Waals surface area contributed by atoms with E-state index in [0.717, 1.165) is 0 Å². The van der Waals surface area contributed by atoms with Crippen LogP contribution in [0.1, 0.15) is 33.6 Å². The molecule has 0 rings (SSSR count). The van der Waals surface area contributed by atoms with Crippen LogP contribution in [0.5, 0.6) is 0 Å². The van der Waals surface area contributed by atoms with Crippen LogP contribution in [0.3, 0.4) is 0 Å². The van der Waals surface area contributed by atoms with E-state index in [1.54, 1.807) is 13.8 Å². The fraction of sp³-hybridized carbons (Fsp3) is 0.636. The van der Waals surface area contributed by atoms with Gasteiger partial charge in [0.2, 0.25) is 0 Å². The molecule has 2 nitrogen and oxygen atoms in total. The van der Waals surface area contributed by atoms with Gasteiger partial charge in [0.05, 0.1) is 6.10 Å². The van der Waals surface area contributed by atoms with Crippen molar-refractivity contribution >= 4 is 0 Å². The highest BCUT2D eigenvalue weighted by Gasteiger charge is 2.11. The topological polar surface area (TPSA) is 40.5 Å². The van der Waals surface area contributed by atoms with Gasteiger partial charge in [0.1, 0.15) is 5.60 Å². The van der Waals surface area contributed by atoms with E-state index in [1.807, 2.05) is 6.92 Å². The quantitative estimate of drug-likeness (QED) is 0.620. The summed E-state index contributed by atoms with van der Waals surface area (Å²) in [6.45, 7) is 5.18. The lowest BCUT2D eigenvalue weighted by molar-refractivity contribution is 0.118. The van der Waals surface area contributed by atoms with Crippen molar-refractivity contribution in [3.8, 4) is 23.7 Å². The normalized spacial score (nSPS) is 15.8. The molecule has 2 unspecified atom stereocenters. The summed E-state index contributed by atoms with van der Waals surface area (Å²) in [7, 11) is 0. The molecule has 0 aliphatic rings. The van der Waals surface area contributed by atoms with Crippen LogP contribution in [0.4, 0.5) is 0 Å². The average Bonchev–Trinajstić information content (AvgIpc) is 2.03. The Hall–Kier alpha value is -0.960. The van der Waals surface area contributed by atoms with Crippen LogP contribution in [-0.4, -0.2) is 21.9 Å². The van der Waals surface area contributed by atoms with E-state index in [1.165, 1.54) is 0 Å². The minimum Gasteiger partial charge on any atom is -0.392 e. The SMILES string of the molecule is CCC(C)(O)C#CC#CCC(C)O. The second kappa shape index (κ2) is 5.65. The minimum atomic E-state index is -0.945. The molecule has 0 amide bonds. The minimum absolute atomic E-state index is 0.416. The summed E-state index contributed by atoms with van der Waals surface area (Å²) in [5, 5.41) is 18.3. The van der Waals surface area contributed by atoms with Crippen LogP contribution in [0.25, 0.3) is 0 Å². The summed E-state index contributed by atoms with van der Waals surface area (Å²) in [6, 6.07) is 0. The van der Waals surface area contributed by atoms with Gasteiger partial charge in [-0.05, 0) is 32.1 Å². The van der Waals surface area contributed by atoms with Gasteiger partial charge in [-0.25, -0.2) is 0 Å². The van der Waals surface area contributed by atoms with Gasteiger partial charge in [0.25, 0.3) is 0 Å². The van der Waals surface area contributed by atoms with E-state index in [0.29, 0.717) is 12.8 Å². The zero-order valence-corrected chi connectivity index (χ0v) is 8.39. The molecule has 0 saturated carbocycles. The standard InChI is InChI=1S/C11H16O2/c1-4-11(3,13)9-7-5-6-8-10(2)12/h10,12-13H,4,8H2,1-3H3. The number of rotatable bonds is 2. The molecular weight excluding hydrogens is 164 g/mol. The molecule has 0 aromatic carbocycles. The van der Waals surface area contributed by atoms with E-state index < -0.39 is 11.7 Å². The molecular formula is C11H16O2. The van der Waals surface area contributed by atoms with E-state index >= 15 is 0 Å². The van der Waals surface area contributed by atoms with Gasteiger partial charge in [-0.15, -0.1) is 0 Å². The van der Waals surface area contributed by atoms with Crippen molar-refractivity contribution in [2.75, 3.05) is 0 Å². The van der Waals surface area contributed by atoms with E-state index in [-0.39, 0.29) is 0 Å². The van der Waals surface area contributed by atoms with E-state index in [9.17, 15) is 5.11 Å². The van der Waals surface area contributed by atoms with Gasteiger partial charge in [-0.2, -0.15) is 0 Å². The van der Waals surface area contributed by atoms with Crippen LogP contribution in [0.2, 0.25) is 0 Å². The van der Waals surface area contributed by atoms with Gasteiger partial charge in [0.15, 0.2) is 0 Å². The van der Waals surface area contributed by atoms with Crippen molar-refractivity contribution in [2.24, 2.45) is 0 Å². The summed E-state index contributed by atoms with van der Waals surface area (Å²) >= 11 is 0. The summed E-state index contributed by atoms with van der Waals surface area (Å²) < 4.78 is 0. The Bertz CT molecular complexity index is 255. The lowest BCUT2D eigenvalue weighted by Crippen LogP contribution is -2.19. The largest absolute Gasteiger partial charge is 0.392 e. The lowest BCUT2D eigenvalue weighted by atomic mass is 10.1. The molecule has 2 N–H and O–H groups in total. The third kappa shape index (κ3) is 7.40. The van der Waals surface area contributed by atoms with Crippen molar-refractivity contribution in [1.82, 2.24) is 0 Å². The van der Waals surface area contributed by atoms with Crippen LogP contribution >= 0.6 is 0 Å². The molecule has 0 aliphatic heterocycles. The Morgan fingerprint density at radius 3 is 2.46 bits per heavy atom. The second-order valence-electron chi connectivity index (χ2n) is 3.23. The Morgan fingerprint density at radius 1 is 1.38 bits per heavy atom. The molecule has 2 heteroatoms. The van der Waals surface area contributed by atoms with Crippen LogP contribution in [0.15, 0.2) is 0 Å². The van der Waals surface area contributed by atoms with Crippen LogP contribution < -0.4 is 0 Å². The lowest BCUT2D eigenvalue weighted by Gasteiger charge is -2.10. The molecule has 0 aromatic heterocycles. The molecule has 0 radical (unpaired) electrons. The fourth-order valence-electron chi connectivity index (χ4n) is 0.497. The number of aliphatic hydroxyl groups excluding tert-OH is 1. The molecule has 0 spiro atoms. The van der Waals surface area contributed by atoms with Gasteiger partial charge in [-0.3, -0.25) is 0 Å². The first kappa shape index (κ1) is 12.0. The van der Waals surface area contributed by atoms with Crippen molar-refractivity contribution in [2.45, 2.75) is 45.3 Å². The highest BCUT2D eigenvalue weighted by molar-refractivity contribution is 5.29. The molecule has 0 aromatic rings. The summed E-state index contributed by atoms with van der Waals surface area (Å²) in [5.41, 5.74) is -0.945. The van der Waals surface area contributed by atoms with E-state index in [2.05, 4.69) is 23.7 Å². The highest BCUT2D eigenvalue weighted by Crippen LogP contribution is 2.04. The first-order valence-corrected chi connectivity index (χ1v) is 4.38. The van der Waals surface area contributed by atoms with Gasteiger partial charge < -0.3 is 10.2 Å². The van der Waals surface area contributed by atoms with Crippen LogP contribution in [-0.2, 0) is 0 Å². The second-order valence-corrected chi connectivity index (χ2v) is 3.23. The third-order valence-corrected chi connectivity index (χ3v) is 1.57. The smallest absolute Gasteiger partial charge is 0.123 e. The molecule has 0 fully saturated rings. The predicted molar refractivity (Wildman–Crippen MR) is 52.8 cm³/mol. The monoisotopic (exact) mass is 180 g/mol. The van der Waals surface area contributed by atoms with E-state index in [4.69, 9.17) is 5.11 Å². The fourth-order valence-corrected chi connectivity index (χ4v) is 0.497. The Balaban J connectivity index is 4.03. The Kier molecular flexibility index (Phi) is 5.23. The molecule has 72 valence electrons. The molecule has 0 aliphatic carbocycles. The summed E-state index contributed by atoms with van der Waals surface area (Å²) in [4.78, 5) is 0. The number of aliphatic hydroxyl groups is 2. The average molecular weight is 180 g/mol. The predicted octanol–water partition coefficient (Wildman–Crippen LogP) is 0.925. The number of hydrogen-bond donors (Lipinski definition) is 2. The first-order chi connectivity index (χ1) is 5.98. The molecule has 2 atom stereocenters. The van der Waals surface area contributed by atoms with Gasteiger partial charge in [-0.1, -0.05) is 18.8 Å². The zero-order valence-electron chi connectivity index (χ0n) is 8.39. The van der Waals surface area contributed by atoms with Gasteiger partial charge >= 0.3 is 0 Å². The molecule has 0 saturated heterocycles. The van der Waals surface area contributed by atoms with Crippen molar-refractivity contribution in [3.63, 3.8) is 0 Å². The zero-order chi connectivity index (χ0) is 10.3. The maximum absolute atomic E-state index is 9.44. The number of hydrogen-bond acceptors (Lipinski definition) is 2. The molecule has 0 heterocycles. The summed E-state index contributed by atoms with van der Waals surface area (Å²) in [5.74, 6) is 10.5. The summed E-state index contributed by atoms with van der Waals surface area (Å²) in [6.07, 6.45) is 0.585. The first-order valence-electron chi connectivity index (χ1n) is 4.38. The molecule has 13 heavy (non-hydrogen) atoms. The molecule has 0 bridgehead atoms. The maximum Gasteiger partial charge on any atom is 0.123 e. The Morgan fingerprint density at radius 2 is 2.00 bits per heavy atom. The van der Waals surface area contributed by atoms with Crippen molar-refractivity contribution < 1.29 is 10.2 Å². The van der Waals surface area contributed by atoms with Gasteiger partial charge in [0, 0.05) is 6.42 Å². The Labute approximate surface area is 80.0 Å². The van der Waals surface area contributed by atoms with Crippen LogP contribution in [0, 0.1) is 23.7 Å². The maximum atomic E-state index is 9.44.